The monoisotopic (exact) mass is 551 g/mol. The van der Waals surface area contributed by atoms with Crippen LogP contribution in [0.15, 0.2) is 54.9 Å². The molecule has 38 heavy (non-hydrogen) atoms. The molecule has 0 bridgehead atoms. The normalized spacial score (nSPS) is 17.5. The summed E-state index contributed by atoms with van der Waals surface area (Å²) in [4.78, 5) is 20.7. The van der Waals surface area contributed by atoms with Crippen molar-refractivity contribution in [2.75, 3.05) is 14.2 Å². The molecule has 2 aromatic carbocycles. The highest BCUT2D eigenvalue weighted by Gasteiger charge is 2.32. The van der Waals surface area contributed by atoms with Gasteiger partial charge in [0.25, 0.3) is 5.91 Å². The molecule has 0 unspecified atom stereocenters. The first-order valence-electron chi connectivity index (χ1n) is 12.8. The molecule has 0 radical (unpaired) electrons. The quantitative estimate of drug-likeness (QED) is 0.263. The van der Waals surface area contributed by atoms with Gasteiger partial charge in [0.05, 0.1) is 16.8 Å². The molecule has 1 amide bonds. The summed E-state index contributed by atoms with van der Waals surface area (Å²) < 4.78 is 20.9. The van der Waals surface area contributed by atoms with Gasteiger partial charge in [-0.3, -0.25) is 9.78 Å². The van der Waals surface area contributed by atoms with Gasteiger partial charge in [-0.05, 0) is 86.7 Å². The Labute approximate surface area is 231 Å². The summed E-state index contributed by atoms with van der Waals surface area (Å²) in [5.41, 5.74) is 3.82. The molecule has 0 aliphatic heterocycles. The third-order valence-corrected chi connectivity index (χ3v) is 9.25. The molecule has 1 aliphatic carbocycles. The van der Waals surface area contributed by atoms with Crippen LogP contribution >= 0.6 is 22.9 Å². The molecule has 4 aromatic rings. The van der Waals surface area contributed by atoms with E-state index in [-0.39, 0.29) is 17.8 Å². The lowest BCUT2D eigenvalue weighted by atomic mass is 9.89. The van der Waals surface area contributed by atoms with Crippen molar-refractivity contribution >= 4 is 38.9 Å². The summed E-state index contributed by atoms with van der Waals surface area (Å²) in [6, 6.07) is 13.6. The highest BCUT2D eigenvalue weighted by molar-refractivity contribution is 7.21. The summed E-state index contributed by atoms with van der Waals surface area (Å²) in [5.74, 6) is 0.192. The minimum atomic E-state index is -0.357. The molecule has 2 aromatic heterocycles. The van der Waals surface area contributed by atoms with Gasteiger partial charge >= 0.3 is 0 Å². The Kier molecular flexibility index (Phi) is 7.98. The maximum Gasteiger partial charge on any atom is 0.266 e. The first kappa shape index (κ1) is 26.6. The lowest BCUT2D eigenvalue weighted by Crippen LogP contribution is -2.44. The molecular weight excluding hydrogens is 521 g/mol. The van der Waals surface area contributed by atoms with E-state index >= 15 is 0 Å². The number of rotatable bonds is 7. The van der Waals surface area contributed by atoms with E-state index < -0.39 is 0 Å². The van der Waals surface area contributed by atoms with Gasteiger partial charge in [-0.1, -0.05) is 23.7 Å². The molecule has 1 N–H and O–H groups in total. The number of aromatic nitrogens is 1. The molecule has 0 atom stereocenters. The minimum absolute atomic E-state index is 0.0358. The molecular formula is C30H31ClFN3O2S. The van der Waals surface area contributed by atoms with Gasteiger partial charge in [-0.15, -0.1) is 11.3 Å². The fourth-order valence-corrected chi connectivity index (χ4v) is 7.04. The van der Waals surface area contributed by atoms with E-state index in [4.69, 9.17) is 16.3 Å². The molecule has 5 rings (SSSR count). The lowest BCUT2D eigenvalue weighted by Gasteiger charge is -2.37. The minimum Gasteiger partial charge on any atom is -0.496 e. The van der Waals surface area contributed by atoms with E-state index in [1.54, 1.807) is 25.6 Å². The standard InChI is InChI=1S/C30H31ClFN3O2S/c1-18-4-10-24(32)28-26(18)27(31)29(38-28)30(36)35(23-8-6-22(33-2)7-9-23)17-21-16-20(5-11-25(21)37-3)19-12-14-34-15-13-19/h4-5,10-16,22-23,33H,6-9,17H2,1-3H3. The summed E-state index contributed by atoms with van der Waals surface area (Å²) in [5, 5.41) is 4.32. The second kappa shape index (κ2) is 11.4. The van der Waals surface area contributed by atoms with E-state index in [9.17, 15) is 9.18 Å². The number of carbonyl (C=O) groups is 1. The fourth-order valence-electron chi connectivity index (χ4n) is 5.41. The number of benzene rings is 2. The van der Waals surface area contributed by atoms with Gasteiger partial charge in [0.2, 0.25) is 0 Å². The molecule has 1 aliphatic rings. The van der Waals surface area contributed by atoms with Crippen LogP contribution in [0.25, 0.3) is 21.2 Å². The van der Waals surface area contributed by atoms with Crippen LogP contribution < -0.4 is 10.1 Å². The van der Waals surface area contributed by atoms with Crippen LogP contribution in [0.1, 0.15) is 46.5 Å². The van der Waals surface area contributed by atoms with Crippen LogP contribution in [0.5, 0.6) is 5.75 Å². The molecule has 5 nitrogen and oxygen atoms in total. The number of aryl methyl sites for hydroxylation is 1. The van der Waals surface area contributed by atoms with Crippen LogP contribution in [-0.4, -0.2) is 42.0 Å². The highest BCUT2D eigenvalue weighted by atomic mass is 35.5. The Morgan fingerprint density at radius 2 is 1.87 bits per heavy atom. The van der Waals surface area contributed by atoms with Crippen LogP contribution in [0.4, 0.5) is 4.39 Å². The smallest absolute Gasteiger partial charge is 0.266 e. The Morgan fingerprint density at radius 1 is 1.13 bits per heavy atom. The van der Waals surface area contributed by atoms with Crippen molar-refractivity contribution in [3.63, 3.8) is 0 Å². The highest BCUT2D eigenvalue weighted by Crippen LogP contribution is 2.41. The van der Waals surface area contributed by atoms with E-state index in [0.717, 1.165) is 59.3 Å². The van der Waals surface area contributed by atoms with Gasteiger partial charge in [-0.25, -0.2) is 4.39 Å². The largest absolute Gasteiger partial charge is 0.496 e. The maximum atomic E-state index is 14.7. The first-order chi connectivity index (χ1) is 18.4. The van der Waals surface area contributed by atoms with Crippen LogP contribution in [0.3, 0.4) is 0 Å². The predicted molar refractivity (Wildman–Crippen MR) is 153 cm³/mol. The molecule has 1 fully saturated rings. The Bertz CT molecular complexity index is 1450. The zero-order chi connectivity index (χ0) is 26.8. The third kappa shape index (κ3) is 5.15. The number of thiophene rings is 1. The van der Waals surface area contributed by atoms with E-state index in [2.05, 4.69) is 16.4 Å². The molecule has 1 saturated carbocycles. The number of nitrogens with zero attached hydrogens (tertiary/aromatic N) is 2. The third-order valence-electron chi connectivity index (χ3n) is 7.58. The number of pyridine rings is 1. The molecule has 198 valence electrons. The predicted octanol–water partition coefficient (Wildman–Crippen LogP) is 7.25. The van der Waals surface area contributed by atoms with Crippen molar-refractivity contribution < 1.29 is 13.9 Å². The summed E-state index contributed by atoms with van der Waals surface area (Å²) in [6.07, 6.45) is 7.23. The summed E-state index contributed by atoms with van der Waals surface area (Å²) in [7, 11) is 3.63. The van der Waals surface area contributed by atoms with Crippen molar-refractivity contribution in [1.82, 2.24) is 15.2 Å². The number of fused-ring (bicyclic) bond motifs is 1. The molecule has 0 spiro atoms. The Morgan fingerprint density at radius 3 is 2.53 bits per heavy atom. The zero-order valence-electron chi connectivity index (χ0n) is 21.8. The lowest BCUT2D eigenvalue weighted by molar-refractivity contribution is 0.0604. The average Bonchev–Trinajstić information content (AvgIpc) is 3.32. The molecule has 0 saturated heterocycles. The Hall–Kier alpha value is -3.00. The number of ether oxygens (including phenoxy) is 1. The SMILES string of the molecule is CNC1CCC(N(Cc2cc(-c3ccncc3)ccc2OC)C(=O)c2sc3c(F)ccc(C)c3c2Cl)CC1. The van der Waals surface area contributed by atoms with E-state index in [0.29, 0.717) is 38.3 Å². The summed E-state index contributed by atoms with van der Waals surface area (Å²) >= 11 is 7.92. The van der Waals surface area contributed by atoms with Crippen molar-refractivity contribution in [3.05, 3.63) is 81.7 Å². The first-order valence-corrected chi connectivity index (χ1v) is 14.0. The van der Waals surface area contributed by atoms with Gasteiger partial charge in [0, 0.05) is 42.0 Å². The van der Waals surface area contributed by atoms with Crippen LogP contribution in [0.2, 0.25) is 5.02 Å². The number of carbonyl (C=O) groups excluding carboxylic acids is 1. The number of hydrogen-bond acceptors (Lipinski definition) is 5. The number of methoxy groups -OCH3 is 1. The maximum absolute atomic E-state index is 14.7. The topological polar surface area (TPSA) is 54.5 Å². The number of halogens is 2. The number of amides is 1. The molecule has 8 heteroatoms. The second-order valence-electron chi connectivity index (χ2n) is 9.80. The van der Waals surface area contributed by atoms with Crippen LogP contribution in [-0.2, 0) is 6.54 Å². The van der Waals surface area contributed by atoms with Crippen molar-refractivity contribution in [2.45, 2.75) is 51.2 Å². The van der Waals surface area contributed by atoms with Crippen molar-refractivity contribution in [1.29, 1.82) is 0 Å². The van der Waals surface area contributed by atoms with Crippen molar-refractivity contribution in [2.24, 2.45) is 0 Å². The number of hydrogen-bond donors (Lipinski definition) is 1. The average molecular weight is 552 g/mol. The van der Waals surface area contributed by atoms with Crippen molar-refractivity contribution in [3.8, 4) is 16.9 Å². The van der Waals surface area contributed by atoms with Gasteiger partial charge < -0.3 is 15.0 Å². The van der Waals surface area contributed by atoms with Gasteiger partial charge in [-0.2, -0.15) is 0 Å². The summed E-state index contributed by atoms with van der Waals surface area (Å²) in [6.45, 7) is 2.25. The number of nitrogens with one attached hydrogen (secondary N) is 1. The van der Waals surface area contributed by atoms with E-state index in [1.165, 1.54) is 6.07 Å². The fraction of sp³-hybridized carbons (Fsp3) is 0.333. The Balaban J connectivity index is 1.56. The zero-order valence-corrected chi connectivity index (χ0v) is 23.3. The van der Waals surface area contributed by atoms with Crippen LogP contribution in [0, 0.1) is 12.7 Å². The van der Waals surface area contributed by atoms with Gasteiger partial charge in [0.1, 0.15) is 16.4 Å². The van der Waals surface area contributed by atoms with Gasteiger partial charge in [0.15, 0.2) is 0 Å². The second-order valence-corrected chi connectivity index (χ2v) is 11.2. The molecule has 2 heterocycles. The van der Waals surface area contributed by atoms with E-state index in [1.807, 2.05) is 43.1 Å².